The largest absolute Gasteiger partial charge is 0.457 e. The van der Waals surface area contributed by atoms with Gasteiger partial charge in [0, 0.05) is 5.70 Å². The number of nitriles is 1. The molecule has 0 aromatic heterocycles. The molecule has 1 aliphatic carbocycles. The lowest BCUT2D eigenvalue weighted by Gasteiger charge is -2.22. The van der Waals surface area contributed by atoms with E-state index in [2.05, 4.69) is 0 Å². The van der Waals surface area contributed by atoms with E-state index in [1.165, 1.54) is 6.92 Å². The van der Waals surface area contributed by atoms with E-state index in [4.69, 9.17) is 15.7 Å². The number of nitrogens with two attached hydrogens (primary N) is 1. The van der Waals surface area contributed by atoms with E-state index >= 15 is 0 Å². The van der Waals surface area contributed by atoms with Crippen molar-refractivity contribution in [3.63, 3.8) is 0 Å². The second-order valence-corrected chi connectivity index (χ2v) is 3.83. The average molecular weight is 222 g/mol. The van der Waals surface area contributed by atoms with Crippen LogP contribution in [0.15, 0.2) is 11.3 Å². The molecule has 0 spiro atoms. The fraction of sp³-hybridized carbons (Fsp3) is 0.545. The number of nitrogens with zero attached hydrogens (tertiary/aromatic N) is 1. The summed E-state index contributed by atoms with van der Waals surface area (Å²) < 4.78 is 4.81. The van der Waals surface area contributed by atoms with Crippen LogP contribution < -0.4 is 5.73 Å². The van der Waals surface area contributed by atoms with E-state index in [1.54, 1.807) is 6.07 Å². The Labute approximate surface area is 93.9 Å². The van der Waals surface area contributed by atoms with Gasteiger partial charge in [-0.05, 0) is 19.8 Å². The van der Waals surface area contributed by atoms with E-state index in [9.17, 15) is 9.59 Å². The molecule has 5 nitrogen and oxygen atoms in total. The number of ketones is 1. The van der Waals surface area contributed by atoms with Crippen molar-refractivity contribution < 1.29 is 14.3 Å². The van der Waals surface area contributed by atoms with Crippen LogP contribution in [0.4, 0.5) is 0 Å². The van der Waals surface area contributed by atoms with Gasteiger partial charge in [-0.25, -0.2) is 0 Å². The van der Waals surface area contributed by atoms with Gasteiger partial charge < -0.3 is 10.5 Å². The monoisotopic (exact) mass is 222 g/mol. The molecule has 0 bridgehead atoms. The van der Waals surface area contributed by atoms with E-state index in [-0.39, 0.29) is 23.2 Å². The summed E-state index contributed by atoms with van der Waals surface area (Å²) in [7, 11) is 0. The molecule has 0 atom stereocenters. The number of carbonyl (C=O) groups excluding carboxylic acids is 2. The first-order valence-corrected chi connectivity index (χ1v) is 5.12. The van der Waals surface area contributed by atoms with Crippen LogP contribution in [-0.2, 0) is 14.3 Å². The molecule has 1 saturated carbocycles. The van der Waals surface area contributed by atoms with Gasteiger partial charge in [-0.1, -0.05) is 6.42 Å². The van der Waals surface area contributed by atoms with Crippen LogP contribution >= 0.6 is 0 Å². The zero-order valence-corrected chi connectivity index (χ0v) is 9.16. The van der Waals surface area contributed by atoms with Gasteiger partial charge in [0.25, 0.3) is 0 Å². The predicted octanol–water partition coefficient (Wildman–Crippen LogP) is 0.655. The molecule has 1 rings (SSSR count). The Balaban J connectivity index is 2.43. The normalized spacial score (nSPS) is 16.8. The van der Waals surface area contributed by atoms with Gasteiger partial charge in [-0.15, -0.1) is 0 Å². The Bertz CT molecular complexity index is 371. The number of allylic oxidation sites excluding steroid dienone is 1. The van der Waals surface area contributed by atoms with Crippen LogP contribution in [0, 0.1) is 17.2 Å². The highest BCUT2D eigenvalue weighted by Crippen LogP contribution is 2.27. The molecular weight excluding hydrogens is 208 g/mol. The summed E-state index contributed by atoms with van der Waals surface area (Å²) in [6.07, 6.45) is 2.67. The molecule has 0 aliphatic heterocycles. The van der Waals surface area contributed by atoms with Gasteiger partial charge in [0.15, 0.2) is 6.61 Å². The van der Waals surface area contributed by atoms with Crippen molar-refractivity contribution >= 4 is 11.8 Å². The Hall–Kier alpha value is -1.83. The number of hydrogen-bond donors (Lipinski definition) is 1. The Morgan fingerprint density at radius 3 is 2.50 bits per heavy atom. The zero-order valence-electron chi connectivity index (χ0n) is 9.16. The lowest BCUT2D eigenvalue weighted by Crippen LogP contribution is -2.26. The third-order valence-corrected chi connectivity index (χ3v) is 2.57. The van der Waals surface area contributed by atoms with E-state index < -0.39 is 12.4 Å². The highest BCUT2D eigenvalue weighted by atomic mass is 16.5. The van der Waals surface area contributed by atoms with Crippen molar-refractivity contribution in [2.75, 3.05) is 6.61 Å². The summed E-state index contributed by atoms with van der Waals surface area (Å²) in [6.45, 7) is 1.07. The molecule has 0 aromatic rings. The van der Waals surface area contributed by atoms with Crippen molar-refractivity contribution in [3.05, 3.63) is 11.3 Å². The van der Waals surface area contributed by atoms with Crippen LogP contribution in [0.1, 0.15) is 26.2 Å². The van der Waals surface area contributed by atoms with Crippen molar-refractivity contribution in [2.45, 2.75) is 26.2 Å². The van der Waals surface area contributed by atoms with Gasteiger partial charge in [-0.2, -0.15) is 5.26 Å². The minimum Gasteiger partial charge on any atom is -0.457 e. The molecule has 86 valence electrons. The Morgan fingerprint density at radius 2 is 2.12 bits per heavy atom. The topological polar surface area (TPSA) is 93.2 Å². The number of hydrogen-bond acceptors (Lipinski definition) is 5. The molecule has 5 heteroatoms. The van der Waals surface area contributed by atoms with Crippen molar-refractivity contribution in [2.24, 2.45) is 11.7 Å². The maximum Gasteiger partial charge on any atom is 0.309 e. The summed E-state index contributed by atoms with van der Waals surface area (Å²) in [5.74, 6) is -0.969. The van der Waals surface area contributed by atoms with E-state index in [0.717, 1.165) is 19.3 Å². The minimum absolute atomic E-state index is 0.0683. The Kier molecular flexibility index (Phi) is 4.06. The molecule has 0 radical (unpaired) electrons. The summed E-state index contributed by atoms with van der Waals surface area (Å²) in [5.41, 5.74) is 5.36. The molecule has 0 aromatic carbocycles. The number of esters is 1. The summed E-state index contributed by atoms with van der Waals surface area (Å²) >= 11 is 0. The summed E-state index contributed by atoms with van der Waals surface area (Å²) in [5, 5.41) is 8.65. The third kappa shape index (κ3) is 2.83. The maximum absolute atomic E-state index is 11.4. The van der Waals surface area contributed by atoms with Crippen LogP contribution in [-0.4, -0.2) is 18.4 Å². The van der Waals surface area contributed by atoms with Gasteiger partial charge in [0.2, 0.25) is 5.78 Å². The van der Waals surface area contributed by atoms with E-state index in [0.29, 0.717) is 0 Å². The SMILES string of the molecule is CC(N)=C(C#N)C(=O)COC(=O)C1CCC1. The Morgan fingerprint density at radius 1 is 1.50 bits per heavy atom. The van der Waals surface area contributed by atoms with Gasteiger partial charge in [0.05, 0.1) is 5.92 Å². The van der Waals surface area contributed by atoms with Crippen LogP contribution in [0.25, 0.3) is 0 Å². The lowest BCUT2D eigenvalue weighted by molar-refractivity contribution is -0.153. The first-order chi connectivity index (χ1) is 7.56. The average Bonchev–Trinajstić information content (AvgIpc) is 2.12. The second-order valence-electron chi connectivity index (χ2n) is 3.83. The third-order valence-electron chi connectivity index (χ3n) is 2.57. The molecular formula is C11H14N2O3. The van der Waals surface area contributed by atoms with Gasteiger partial charge >= 0.3 is 5.97 Å². The smallest absolute Gasteiger partial charge is 0.309 e. The lowest BCUT2D eigenvalue weighted by atomic mass is 9.86. The fourth-order valence-electron chi connectivity index (χ4n) is 1.34. The minimum atomic E-state index is -0.546. The van der Waals surface area contributed by atoms with E-state index in [1.807, 2.05) is 0 Å². The summed E-state index contributed by atoms with van der Waals surface area (Å²) in [4.78, 5) is 22.7. The molecule has 2 N–H and O–H groups in total. The molecule has 0 saturated heterocycles. The number of ether oxygens (including phenoxy) is 1. The highest BCUT2D eigenvalue weighted by Gasteiger charge is 2.27. The van der Waals surface area contributed by atoms with Crippen molar-refractivity contribution in [3.8, 4) is 6.07 Å². The van der Waals surface area contributed by atoms with Crippen LogP contribution in [0.3, 0.4) is 0 Å². The number of carbonyl (C=O) groups is 2. The first-order valence-electron chi connectivity index (χ1n) is 5.12. The fourth-order valence-corrected chi connectivity index (χ4v) is 1.34. The molecule has 16 heavy (non-hydrogen) atoms. The molecule has 1 aliphatic rings. The molecule has 0 amide bonds. The first kappa shape index (κ1) is 12.2. The van der Waals surface area contributed by atoms with Crippen molar-refractivity contribution in [1.29, 1.82) is 5.26 Å². The van der Waals surface area contributed by atoms with Crippen LogP contribution in [0.5, 0.6) is 0 Å². The molecule has 0 unspecified atom stereocenters. The second kappa shape index (κ2) is 5.31. The highest BCUT2D eigenvalue weighted by molar-refractivity contribution is 6.01. The van der Waals surface area contributed by atoms with Crippen LogP contribution in [0.2, 0.25) is 0 Å². The van der Waals surface area contributed by atoms with Gasteiger partial charge in [0.1, 0.15) is 11.6 Å². The molecule has 0 heterocycles. The van der Waals surface area contributed by atoms with Crippen molar-refractivity contribution in [1.82, 2.24) is 0 Å². The quantitative estimate of drug-likeness (QED) is 0.428. The maximum atomic E-state index is 11.4. The summed E-state index contributed by atoms with van der Waals surface area (Å²) in [6, 6.07) is 1.70. The molecule has 1 fully saturated rings. The zero-order chi connectivity index (χ0) is 12.1. The van der Waals surface area contributed by atoms with Gasteiger partial charge in [-0.3, -0.25) is 9.59 Å². The predicted molar refractivity (Wildman–Crippen MR) is 55.8 cm³/mol. The number of rotatable bonds is 4. The number of Topliss-reactive ketones (excluding diaryl/α,β-unsaturated/α-hetero) is 1. The standard InChI is InChI=1S/C11H14N2O3/c1-7(13)9(5-12)10(14)6-16-11(15)8-3-2-4-8/h8H,2-4,6,13H2,1H3.